The molecule has 0 spiro atoms. The zero-order chi connectivity index (χ0) is 11.5. The van der Waals surface area contributed by atoms with Gasteiger partial charge in [0, 0.05) is 0 Å². The number of thiazole rings is 1. The summed E-state index contributed by atoms with van der Waals surface area (Å²) in [5.41, 5.74) is 13.1. The zero-order valence-electron chi connectivity index (χ0n) is 8.78. The number of rotatable bonds is 3. The molecule has 1 aromatic heterocycles. The van der Waals surface area contributed by atoms with E-state index in [4.69, 9.17) is 18.0 Å². The van der Waals surface area contributed by atoms with Crippen LogP contribution in [0.5, 0.6) is 0 Å². The third-order valence-electron chi connectivity index (χ3n) is 2.15. The van der Waals surface area contributed by atoms with E-state index in [0.717, 1.165) is 21.8 Å². The molecular formula is C10H12N4S2. The average molecular weight is 252 g/mol. The second-order valence-corrected chi connectivity index (χ2v) is 4.76. The molecule has 4 N–H and O–H groups in total. The van der Waals surface area contributed by atoms with Crippen LogP contribution in [0, 0.1) is 0 Å². The number of nitrogens with one attached hydrogen (secondary N) is 2. The number of aromatic nitrogens is 1. The van der Waals surface area contributed by atoms with Gasteiger partial charge < -0.3 is 5.73 Å². The van der Waals surface area contributed by atoms with E-state index in [1.165, 1.54) is 5.56 Å². The largest absolute Gasteiger partial charge is 0.375 e. The van der Waals surface area contributed by atoms with Crippen LogP contribution in [0.25, 0.3) is 10.2 Å². The van der Waals surface area contributed by atoms with Crippen LogP contribution in [0.2, 0.25) is 0 Å². The molecule has 0 bridgehead atoms. The first-order valence-electron chi connectivity index (χ1n) is 4.90. The predicted octanol–water partition coefficient (Wildman–Crippen LogP) is 2.02. The van der Waals surface area contributed by atoms with Crippen LogP contribution in [0.4, 0.5) is 5.13 Å². The molecule has 0 unspecified atom stereocenters. The van der Waals surface area contributed by atoms with Crippen molar-refractivity contribution in [3.05, 3.63) is 23.8 Å². The van der Waals surface area contributed by atoms with Gasteiger partial charge in [0.15, 0.2) is 5.11 Å². The first-order chi connectivity index (χ1) is 7.69. The molecule has 0 saturated heterocycles. The Morgan fingerprint density at radius 1 is 1.56 bits per heavy atom. The van der Waals surface area contributed by atoms with Gasteiger partial charge in [0.1, 0.15) is 0 Å². The van der Waals surface area contributed by atoms with Crippen LogP contribution in [-0.4, -0.2) is 10.1 Å². The number of thiocarbonyl (C=S) groups is 1. The number of benzene rings is 1. The van der Waals surface area contributed by atoms with Crippen molar-refractivity contribution in [3.63, 3.8) is 0 Å². The van der Waals surface area contributed by atoms with Crippen molar-refractivity contribution in [2.24, 2.45) is 5.73 Å². The molecule has 0 radical (unpaired) electrons. The summed E-state index contributed by atoms with van der Waals surface area (Å²) in [5, 5.41) is 0.963. The first-order valence-corrected chi connectivity index (χ1v) is 6.12. The molecule has 84 valence electrons. The highest BCUT2D eigenvalue weighted by Gasteiger charge is 2.03. The third kappa shape index (κ3) is 2.40. The molecule has 0 aliphatic rings. The maximum atomic E-state index is 5.31. The number of hydrogen-bond acceptors (Lipinski definition) is 4. The Labute approximate surface area is 103 Å². The Kier molecular flexibility index (Phi) is 3.21. The van der Waals surface area contributed by atoms with Crippen LogP contribution in [0.1, 0.15) is 12.5 Å². The minimum absolute atomic E-state index is 0.202. The van der Waals surface area contributed by atoms with Gasteiger partial charge >= 0.3 is 0 Å². The van der Waals surface area contributed by atoms with Gasteiger partial charge in [-0.15, -0.1) is 0 Å². The fraction of sp³-hybridized carbons (Fsp3) is 0.200. The Morgan fingerprint density at radius 2 is 2.38 bits per heavy atom. The number of fused-ring (bicyclic) bond motifs is 1. The lowest BCUT2D eigenvalue weighted by atomic mass is 10.2. The molecule has 4 nitrogen and oxygen atoms in total. The Bertz CT molecular complexity index is 521. The molecule has 1 heterocycles. The van der Waals surface area contributed by atoms with Crippen molar-refractivity contribution in [2.45, 2.75) is 13.3 Å². The molecule has 0 aliphatic heterocycles. The molecule has 1 aromatic carbocycles. The van der Waals surface area contributed by atoms with E-state index in [2.05, 4.69) is 34.9 Å². The van der Waals surface area contributed by atoms with E-state index >= 15 is 0 Å². The second-order valence-electron chi connectivity index (χ2n) is 3.29. The van der Waals surface area contributed by atoms with E-state index in [9.17, 15) is 0 Å². The van der Waals surface area contributed by atoms with Gasteiger partial charge in [-0.25, -0.2) is 4.98 Å². The number of hydrazine groups is 1. The van der Waals surface area contributed by atoms with E-state index in [1.54, 1.807) is 11.3 Å². The quantitative estimate of drug-likeness (QED) is 0.576. The van der Waals surface area contributed by atoms with Gasteiger partial charge in [-0.05, 0) is 36.3 Å². The van der Waals surface area contributed by atoms with E-state index in [-0.39, 0.29) is 5.11 Å². The van der Waals surface area contributed by atoms with Gasteiger partial charge in [-0.2, -0.15) is 0 Å². The SMILES string of the molecule is CCc1ccc2nc(NNC(N)=S)sc2c1. The third-order valence-corrected chi connectivity index (χ3v) is 3.19. The maximum Gasteiger partial charge on any atom is 0.202 e. The minimum Gasteiger partial charge on any atom is -0.375 e. The van der Waals surface area contributed by atoms with Crippen LogP contribution in [-0.2, 0) is 6.42 Å². The van der Waals surface area contributed by atoms with Gasteiger partial charge in [0.25, 0.3) is 0 Å². The number of anilines is 1. The van der Waals surface area contributed by atoms with Crippen molar-refractivity contribution < 1.29 is 0 Å². The monoisotopic (exact) mass is 252 g/mol. The fourth-order valence-electron chi connectivity index (χ4n) is 1.36. The number of aryl methyl sites for hydroxylation is 1. The van der Waals surface area contributed by atoms with Gasteiger partial charge in [-0.1, -0.05) is 24.3 Å². The summed E-state index contributed by atoms with van der Waals surface area (Å²) in [6, 6.07) is 6.27. The summed E-state index contributed by atoms with van der Waals surface area (Å²) >= 11 is 6.26. The average Bonchev–Trinajstić information content (AvgIpc) is 2.67. The lowest BCUT2D eigenvalue weighted by Gasteiger charge is -2.01. The highest BCUT2D eigenvalue weighted by Crippen LogP contribution is 2.26. The number of hydrogen-bond donors (Lipinski definition) is 3. The maximum absolute atomic E-state index is 5.31. The van der Waals surface area contributed by atoms with Crippen LogP contribution >= 0.6 is 23.6 Å². The van der Waals surface area contributed by atoms with Crippen molar-refractivity contribution >= 4 is 44.0 Å². The van der Waals surface area contributed by atoms with Crippen LogP contribution in [0.3, 0.4) is 0 Å². The summed E-state index contributed by atoms with van der Waals surface area (Å²) in [6.07, 6.45) is 1.03. The topological polar surface area (TPSA) is 63.0 Å². The normalized spacial score (nSPS) is 10.3. The Balaban J connectivity index is 2.25. The highest BCUT2D eigenvalue weighted by molar-refractivity contribution is 7.80. The summed E-state index contributed by atoms with van der Waals surface area (Å²) in [5.74, 6) is 0. The highest BCUT2D eigenvalue weighted by atomic mass is 32.1. The Morgan fingerprint density at radius 3 is 3.06 bits per heavy atom. The smallest absolute Gasteiger partial charge is 0.202 e. The van der Waals surface area contributed by atoms with Crippen molar-refractivity contribution in [1.82, 2.24) is 10.4 Å². The summed E-state index contributed by atoms with van der Waals surface area (Å²) in [6.45, 7) is 2.13. The van der Waals surface area contributed by atoms with Gasteiger partial charge in [0.05, 0.1) is 10.2 Å². The van der Waals surface area contributed by atoms with Gasteiger partial charge in [-0.3, -0.25) is 10.9 Å². The number of nitrogens with two attached hydrogens (primary N) is 1. The lowest BCUT2D eigenvalue weighted by molar-refractivity contribution is 1.12. The molecule has 0 atom stereocenters. The van der Waals surface area contributed by atoms with E-state index < -0.39 is 0 Å². The molecule has 2 aromatic rings. The standard InChI is InChI=1S/C10H12N4S2/c1-2-6-3-4-7-8(5-6)16-10(12-7)14-13-9(11)15/h3-5H,2H2,1H3,(H,12,14)(H3,11,13,15). The van der Waals surface area contributed by atoms with Crippen LogP contribution in [0.15, 0.2) is 18.2 Å². The molecular weight excluding hydrogens is 240 g/mol. The van der Waals surface area contributed by atoms with Crippen molar-refractivity contribution in [2.75, 3.05) is 5.43 Å². The van der Waals surface area contributed by atoms with E-state index in [1.807, 2.05) is 6.07 Å². The second kappa shape index (κ2) is 4.63. The molecule has 2 rings (SSSR count). The molecule has 6 heteroatoms. The summed E-state index contributed by atoms with van der Waals surface area (Å²) in [7, 11) is 0. The fourth-order valence-corrected chi connectivity index (χ4v) is 2.29. The van der Waals surface area contributed by atoms with Crippen molar-refractivity contribution in [1.29, 1.82) is 0 Å². The summed E-state index contributed by atoms with van der Waals surface area (Å²) in [4.78, 5) is 4.39. The van der Waals surface area contributed by atoms with E-state index in [0.29, 0.717) is 0 Å². The lowest BCUT2D eigenvalue weighted by Crippen LogP contribution is -2.33. The Hall–Kier alpha value is -1.40. The molecule has 0 aliphatic carbocycles. The molecule has 0 fully saturated rings. The summed E-state index contributed by atoms with van der Waals surface area (Å²) < 4.78 is 1.16. The first kappa shape index (κ1) is 11.1. The van der Waals surface area contributed by atoms with Crippen molar-refractivity contribution in [3.8, 4) is 0 Å². The van der Waals surface area contributed by atoms with Gasteiger partial charge in [0.2, 0.25) is 5.13 Å². The molecule has 16 heavy (non-hydrogen) atoms. The molecule has 0 saturated carbocycles. The number of nitrogens with zero attached hydrogens (tertiary/aromatic N) is 1. The van der Waals surface area contributed by atoms with Crippen LogP contribution < -0.4 is 16.6 Å². The zero-order valence-corrected chi connectivity index (χ0v) is 10.4. The minimum atomic E-state index is 0.202. The molecule has 0 amide bonds. The predicted molar refractivity (Wildman–Crippen MR) is 72.5 cm³/mol.